The highest BCUT2D eigenvalue weighted by Crippen LogP contribution is 2.26. The number of nitrogens with zero attached hydrogens (tertiary/aromatic N) is 2. The number of hydrogen-bond donors (Lipinski definition) is 1. The summed E-state index contributed by atoms with van der Waals surface area (Å²) in [5.41, 5.74) is 2.73. The third-order valence-corrected chi connectivity index (χ3v) is 6.56. The predicted molar refractivity (Wildman–Crippen MR) is 131 cm³/mol. The van der Waals surface area contributed by atoms with E-state index in [0.717, 1.165) is 11.1 Å². The molecule has 1 amide bonds. The Morgan fingerprint density at radius 2 is 1.78 bits per heavy atom. The minimum atomic E-state index is -0.204. The Balaban J connectivity index is 1.62. The molecule has 32 heavy (non-hydrogen) atoms. The molecule has 8 heteroatoms. The highest BCUT2D eigenvalue weighted by Gasteiger charge is 2.17. The number of thioether (sulfide) groups is 1. The molecule has 0 spiro atoms. The van der Waals surface area contributed by atoms with Crippen LogP contribution in [-0.4, -0.2) is 21.2 Å². The van der Waals surface area contributed by atoms with Gasteiger partial charge in [-0.15, -0.1) is 0 Å². The number of carbonyl (C=O) groups is 1. The zero-order valence-corrected chi connectivity index (χ0v) is 19.5. The maximum atomic E-state index is 13.4. The van der Waals surface area contributed by atoms with Crippen molar-refractivity contribution in [3.63, 3.8) is 0 Å². The van der Waals surface area contributed by atoms with Crippen molar-refractivity contribution in [2.45, 2.75) is 18.6 Å². The first-order valence-electron chi connectivity index (χ1n) is 9.85. The summed E-state index contributed by atoms with van der Waals surface area (Å²) in [6, 6.07) is 19.8. The number of halogens is 2. The number of para-hydroxylation sites is 1. The second-order valence-corrected chi connectivity index (χ2v) is 8.91. The summed E-state index contributed by atoms with van der Waals surface area (Å²) in [4.78, 5) is 30.5. The van der Waals surface area contributed by atoms with Crippen molar-refractivity contribution in [1.29, 1.82) is 0 Å². The van der Waals surface area contributed by atoms with Gasteiger partial charge in [-0.05, 0) is 54.4 Å². The molecule has 0 aliphatic carbocycles. The van der Waals surface area contributed by atoms with Crippen molar-refractivity contribution >= 4 is 51.8 Å². The van der Waals surface area contributed by atoms with Crippen LogP contribution in [0.5, 0.6) is 0 Å². The van der Waals surface area contributed by atoms with Crippen molar-refractivity contribution in [3.8, 4) is 5.69 Å². The van der Waals surface area contributed by atoms with Gasteiger partial charge in [-0.1, -0.05) is 65.3 Å². The molecule has 0 saturated carbocycles. The van der Waals surface area contributed by atoms with Crippen molar-refractivity contribution in [2.24, 2.45) is 0 Å². The Labute approximate surface area is 199 Å². The lowest BCUT2D eigenvalue weighted by Gasteiger charge is -2.15. The molecule has 162 valence electrons. The zero-order chi connectivity index (χ0) is 22.7. The maximum absolute atomic E-state index is 13.4. The molecule has 0 saturated heterocycles. The van der Waals surface area contributed by atoms with Crippen LogP contribution in [0.15, 0.2) is 76.7 Å². The summed E-state index contributed by atoms with van der Waals surface area (Å²) in [5, 5.41) is 5.02. The minimum Gasteiger partial charge on any atom is -0.351 e. The molecule has 1 heterocycles. The van der Waals surface area contributed by atoms with E-state index in [1.807, 2.05) is 31.2 Å². The second kappa shape index (κ2) is 9.77. The first kappa shape index (κ1) is 22.4. The molecule has 0 atom stereocenters. The molecule has 1 N–H and O–H groups in total. The molecule has 0 aliphatic rings. The smallest absolute Gasteiger partial charge is 0.266 e. The molecule has 1 aromatic heterocycles. The van der Waals surface area contributed by atoms with E-state index in [9.17, 15) is 9.59 Å². The largest absolute Gasteiger partial charge is 0.351 e. The van der Waals surface area contributed by atoms with Gasteiger partial charge in [-0.25, -0.2) is 4.98 Å². The summed E-state index contributed by atoms with van der Waals surface area (Å²) in [6.07, 6.45) is 0. The highest BCUT2D eigenvalue weighted by atomic mass is 35.5. The average Bonchev–Trinajstić information content (AvgIpc) is 2.80. The van der Waals surface area contributed by atoms with Crippen molar-refractivity contribution in [1.82, 2.24) is 14.9 Å². The van der Waals surface area contributed by atoms with Gasteiger partial charge in [0.05, 0.1) is 22.3 Å². The lowest BCUT2D eigenvalue weighted by atomic mass is 10.2. The Morgan fingerprint density at radius 3 is 2.56 bits per heavy atom. The van der Waals surface area contributed by atoms with Gasteiger partial charge in [-0.2, -0.15) is 0 Å². The Hall–Kier alpha value is -2.80. The van der Waals surface area contributed by atoms with E-state index in [1.165, 1.54) is 16.3 Å². The summed E-state index contributed by atoms with van der Waals surface area (Å²) < 4.78 is 1.53. The van der Waals surface area contributed by atoms with Gasteiger partial charge in [0.25, 0.3) is 5.56 Å². The Morgan fingerprint density at radius 1 is 1.03 bits per heavy atom. The summed E-state index contributed by atoms with van der Waals surface area (Å²) in [7, 11) is 0. The van der Waals surface area contributed by atoms with E-state index in [4.69, 9.17) is 23.2 Å². The molecular formula is C24H19Cl2N3O2S. The average molecular weight is 484 g/mol. The van der Waals surface area contributed by atoms with Gasteiger partial charge in [-0.3, -0.25) is 14.2 Å². The van der Waals surface area contributed by atoms with Crippen molar-refractivity contribution < 1.29 is 4.79 Å². The molecule has 0 fully saturated rings. The van der Waals surface area contributed by atoms with E-state index < -0.39 is 0 Å². The lowest BCUT2D eigenvalue weighted by Crippen LogP contribution is -2.26. The third kappa shape index (κ3) is 4.83. The fourth-order valence-electron chi connectivity index (χ4n) is 3.24. The van der Waals surface area contributed by atoms with Crippen LogP contribution in [0.4, 0.5) is 0 Å². The van der Waals surface area contributed by atoms with Crippen LogP contribution in [0.2, 0.25) is 10.0 Å². The van der Waals surface area contributed by atoms with Crippen LogP contribution in [0.3, 0.4) is 0 Å². The summed E-state index contributed by atoms with van der Waals surface area (Å²) in [6.45, 7) is 2.24. The number of hydrogen-bond acceptors (Lipinski definition) is 4. The number of benzene rings is 3. The molecule has 0 bridgehead atoms. The Kier molecular flexibility index (Phi) is 6.84. The fourth-order valence-corrected chi connectivity index (χ4v) is 4.38. The van der Waals surface area contributed by atoms with Crippen LogP contribution in [0, 0.1) is 6.92 Å². The number of carbonyl (C=O) groups excluding carboxylic acids is 1. The van der Waals surface area contributed by atoms with Crippen LogP contribution in [0.1, 0.15) is 11.1 Å². The fraction of sp³-hybridized carbons (Fsp3) is 0.125. The number of amides is 1. The number of aromatic nitrogens is 2. The number of nitrogens with one attached hydrogen (secondary N) is 1. The molecule has 4 rings (SSSR count). The van der Waals surface area contributed by atoms with Crippen LogP contribution in [-0.2, 0) is 11.3 Å². The molecule has 0 unspecified atom stereocenters. The topological polar surface area (TPSA) is 64.0 Å². The van der Waals surface area contributed by atoms with Gasteiger partial charge in [0, 0.05) is 16.6 Å². The normalized spacial score (nSPS) is 11.0. The van der Waals surface area contributed by atoms with E-state index in [1.54, 1.807) is 42.5 Å². The SMILES string of the molecule is Cc1c(Cl)cccc1-n1c(SCC(=O)NCc2ccc(Cl)cc2)nc2ccccc2c1=O. The van der Waals surface area contributed by atoms with Gasteiger partial charge in [0.2, 0.25) is 5.91 Å². The van der Waals surface area contributed by atoms with E-state index in [0.29, 0.717) is 38.3 Å². The summed E-state index contributed by atoms with van der Waals surface area (Å²) in [5.74, 6) is -0.0560. The minimum absolute atomic E-state index is 0.109. The molecule has 0 radical (unpaired) electrons. The van der Waals surface area contributed by atoms with E-state index >= 15 is 0 Å². The summed E-state index contributed by atoms with van der Waals surface area (Å²) >= 11 is 13.4. The predicted octanol–water partition coefficient (Wildman–Crippen LogP) is 5.41. The van der Waals surface area contributed by atoms with Gasteiger partial charge in [0.1, 0.15) is 0 Å². The molecule has 4 aromatic rings. The van der Waals surface area contributed by atoms with Crippen LogP contribution >= 0.6 is 35.0 Å². The monoisotopic (exact) mass is 483 g/mol. The molecule has 3 aromatic carbocycles. The van der Waals surface area contributed by atoms with E-state index in [2.05, 4.69) is 10.3 Å². The number of fused-ring (bicyclic) bond motifs is 1. The highest BCUT2D eigenvalue weighted by molar-refractivity contribution is 7.99. The zero-order valence-electron chi connectivity index (χ0n) is 17.1. The molecule has 5 nitrogen and oxygen atoms in total. The van der Waals surface area contributed by atoms with Crippen molar-refractivity contribution in [2.75, 3.05) is 5.75 Å². The maximum Gasteiger partial charge on any atom is 0.266 e. The van der Waals surface area contributed by atoms with Crippen LogP contribution in [0.25, 0.3) is 16.6 Å². The molecular weight excluding hydrogens is 465 g/mol. The molecule has 0 aliphatic heterocycles. The van der Waals surface area contributed by atoms with Gasteiger partial charge in [0.15, 0.2) is 5.16 Å². The first-order chi connectivity index (χ1) is 15.4. The van der Waals surface area contributed by atoms with Crippen LogP contribution < -0.4 is 10.9 Å². The second-order valence-electron chi connectivity index (χ2n) is 7.13. The van der Waals surface area contributed by atoms with Gasteiger partial charge >= 0.3 is 0 Å². The van der Waals surface area contributed by atoms with Gasteiger partial charge < -0.3 is 5.32 Å². The first-order valence-corrected chi connectivity index (χ1v) is 11.6. The standard InChI is InChI=1S/C24H19Cl2N3O2S/c1-15-19(26)6-4-8-21(15)29-23(31)18-5-2-3-7-20(18)28-24(29)32-14-22(30)27-13-16-9-11-17(25)12-10-16/h2-12H,13-14H2,1H3,(H,27,30). The third-order valence-electron chi connectivity index (χ3n) is 4.96. The quantitative estimate of drug-likeness (QED) is 0.294. The lowest BCUT2D eigenvalue weighted by molar-refractivity contribution is -0.118. The van der Waals surface area contributed by atoms with E-state index in [-0.39, 0.29) is 17.2 Å². The number of rotatable bonds is 6. The van der Waals surface area contributed by atoms with Crippen molar-refractivity contribution in [3.05, 3.63) is 98.3 Å². The Bertz CT molecular complexity index is 1350.